The Bertz CT molecular complexity index is 777. The first-order chi connectivity index (χ1) is 10.9. The Kier molecular flexibility index (Phi) is 4.93. The largest absolute Gasteiger partial charge is 0.349 e. The normalized spacial score (nSPS) is 23.2. The molecule has 1 aliphatic rings. The number of allylic oxidation sites excluding steroid dienone is 2. The molecule has 0 saturated heterocycles. The summed E-state index contributed by atoms with van der Waals surface area (Å²) >= 11 is 0. The summed E-state index contributed by atoms with van der Waals surface area (Å²) in [6.45, 7) is 10.1. The van der Waals surface area contributed by atoms with Crippen LogP contribution < -0.4 is 10.5 Å². The Morgan fingerprint density at radius 2 is 1.96 bits per heavy atom. The number of benzene rings is 1. The SMILES string of the molecule is CC(C)=CC1C(C(=O)NC(C)c2cccc(S(N)(=O)=O)c2)C1(C)C. The highest BCUT2D eigenvalue weighted by Gasteiger charge is 2.60. The van der Waals surface area contributed by atoms with Gasteiger partial charge in [0, 0.05) is 0 Å². The molecule has 0 aliphatic heterocycles. The smallest absolute Gasteiger partial charge is 0.238 e. The molecular formula is C18H26N2O3S. The van der Waals surface area contributed by atoms with Gasteiger partial charge in [0.15, 0.2) is 0 Å². The summed E-state index contributed by atoms with van der Waals surface area (Å²) < 4.78 is 22.9. The van der Waals surface area contributed by atoms with Gasteiger partial charge in [-0.3, -0.25) is 4.79 Å². The van der Waals surface area contributed by atoms with Crippen LogP contribution in [0.25, 0.3) is 0 Å². The van der Waals surface area contributed by atoms with Crippen LogP contribution in [0.5, 0.6) is 0 Å². The van der Waals surface area contributed by atoms with Crippen molar-refractivity contribution in [2.75, 3.05) is 0 Å². The molecular weight excluding hydrogens is 324 g/mol. The molecule has 0 spiro atoms. The molecule has 24 heavy (non-hydrogen) atoms. The molecule has 0 aromatic heterocycles. The minimum atomic E-state index is -3.75. The highest BCUT2D eigenvalue weighted by atomic mass is 32.2. The molecule has 6 heteroatoms. The number of hydrogen-bond acceptors (Lipinski definition) is 3. The molecule has 1 aliphatic carbocycles. The average molecular weight is 350 g/mol. The molecule has 5 nitrogen and oxygen atoms in total. The molecule has 1 fully saturated rings. The number of nitrogens with two attached hydrogens (primary N) is 1. The van der Waals surface area contributed by atoms with Crippen LogP contribution in [0, 0.1) is 17.3 Å². The summed E-state index contributed by atoms with van der Waals surface area (Å²) in [5, 5.41) is 8.16. The Hall–Kier alpha value is -1.66. The third kappa shape index (κ3) is 3.87. The molecule has 1 amide bonds. The maximum absolute atomic E-state index is 12.6. The van der Waals surface area contributed by atoms with E-state index in [0.29, 0.717) is 5.56 Å². The van der Waals surface area contributed by atoms with Crippen LogP contribution in [-0.4, -0.2) is 14.3 Å². The quantitative estimate of drug-likeness (QED) is 0.800. The molecule has 3 N–H and O–H groups in total. The summed E-state index contributed by atoms with van der Waals surface area (Å²) in [6, 6.07) is 6.08. The minimum absolute atomic E-state index is 0.00370. The fourth-order valence-electron chi connectivity index (χ4n) is 3.20. The maximum atomic E-state index is 12.6. The second kappa shape index (κ2) is 6.33. The number of carbonyl (C=O) groups is 1. The first kappa shape index (κ1) is 18.7. The van der Waals surface area contributed by atoms with Crippen molar-refractivity contribution in [1.29, 1.82) is 0 Å². The van der Waals surface area contributed by atoms with Crippen molar-refractivity contribution in [1.82, 2.24) is 5.32 Å². The van der Waals surface area contributed by atoms with E-state index in [1.165, 1.54) is 17.7 Å². The zero-order chi connectivity index (χ0) is 18.3. The van der Waals surface area contributed by atoms with E-state index in [1.807, 2.05) is 20.8 Å². The van der Waals surface area contributed by atoms with Crippen molar-refractivity contribution in [2.45, 2.75) is 45.6 Å². The van der Waals surface area contributed by atoms with Crippen molar-refractivity contribution < 1.29 is 13.2 Å². The van der Waals surface area contributed by atoms with Gasteiger partial charge < -0.3 is 5.32 Å². The van der Waals surface area contributed by atoms with Crippen LogP contribution in [0.4, 0.5) is 0 Å². The Morgan fingerprint density at radius 3 is 2.50 bits per heavy atom. The molecule has 0 heterocycles. The molecule has 1 aromatic rings. The van der Waals surface area contributed by atoms with E-state index in [4.69, 9.17) is 5.14 Å². The second-order valence-corrected chi connectivity index (χ2v) is 8.98. The topological polar surface area (TPSA) is 89.3 Å². The standard InChI is InChI=1S/C18H26N2O3S/c1-11(2)9-15-16(18(15,4)5)17(21)20-12(3)13-7-6-8-14(10-13)24(19,22)23/h6-10,12,15-16H,1-5H3,(H,20,21)(H2,19,22,23). The van der Waals surface area contributed by atoms with E-state index in [0.717, 1.165) is 0 Å². The van der Waals surface area contributed by atoms with E-state index < -0.39 is 10.0 Å². The first-order valence-corrected chi connectivity index (χ1v) is 9.57. The summed E-state index contributed by atoms with van der Waals surface area (Å²) in [6.07, 6.45) is 2.15. The van der Waals surface area contributed by atoms with Gasteiger partial charge in [-0.15, -0.1) is 0 Å². The third-order valence-electron chi connectivity index (χ3n) is 4.75. The van der Waals surface area contributed by atoms with Crippen molar-refractivity contribution in [3.63, 3.8) is 0 Å². The number of nitrogens with one attached hydrogen (secondary N) is 1. The van der Waals surface area contributed by atoms with E-state index >= 15 is 0 Å². The van der Waals surface area contributed by atoms with Crippen LogP contribution in [-0.2, 0) is 14.8 Å². The van der Waals surface area contributed by atoms with Crippen molar-refractivity contribution in [3.05, 3.63) is 41.5 Å². The monoisotopic (exact) mass is 350 g/mol. The van der Waals surface area contributed by atoms with Crippen LogP contribution in [0.1, 0.15) is 46.2 Å². The predicted molar refractivity (Wildman–Crippen MR) is 94.6 cm³/mol. The average Bonchev–Trinajstić information content (AvgIpc) is 2.98. The Labute approximate surface area is 144 Å². The summed E-state index contributed by atoms with van der Waals surface area (Å²) in [5.41, 5.74) is 1.87. The number of primary sulfonamides is 1. The Balaban J connectivity index is 2.12. The fraction of sp³-hybridized carbons (Fsp3) is 0.500. The fourth-order valence-corrected chi connectivity index (χ4v) is 3.76. The van der Waals surface area contributed by atoms with Crippen molar-refractivity contribution in [3.8, 4) is 0 Å². The summed E-state index contributed by atoms with van der Waals surface area (Å²) in [4.78, 5) is 12.6. The molecule has 3 atom stereocenters. The highest BCUT2D eigenvalue weighted by molar-refractivity contribution is 7.89. The first-order valence-electron chi connectivity index (χ1n) is 8.02. The molecule has 0 bridgehead atoms. The van der Waals surface area contributed by atoms with Crippen LogP contribution >= 0.6 is 0 Å². The number of rotatable bonds is 5. The van der Waals surface area contributed by atoms with E-state index in [2.05, 4.69) is 25.2 Å². The molecule has 1 aromatic carbocycles. The van der Waals surface area contributed by atoms with Crippen molar-refractivity contribution in [2.24, 2.45) is 22.4 Å². The molecule has 1 saturated carbocycles. The number of hydrogen-bond donors (Lipinski definition) is 2. The van der Waals surface area contributed by atoms with E-state index in [-0.39, 0.29) is 34.1 Å². The lowest BCUT2D eigenvalue weighted by Gasteiger charge is -2.15. The zero-order valence-electron chi connectivity index (χ0n) is 14.8. The lowest BCUT2D eigenvalue weighted by Crippen LogP contribution is -2.29. The number of sulfonamides is 1. The van der Waals surface area contributed by atoms with Gasteiger partial charge in [0.1, 0.15) is 0 Å². The number of carbonyl (C=O) groups excluding carboxylic acids is 1. The number of amides is 1. The van der Waals surface area contributed by atoms with Gasteiger partial charge in [0.2, 0.25) is 15.9 Å². The van der Waals surface area contributed by atoms with Gasteiger partial charge in [-0.2, -0.15) is 0 Å². The van der Waals surface area contributed by atoms with Crippen molar-refractivity contribution >= 4 is 15.9 Å². The van der Waals surface area contributed by atoms with Gasteiger partial charge in [-0.1, -0.05) is 37.6 Å². The predicted octanol–water partition coefficient (Wildman–Crippen LogP) is 2.75. The van der Waals surface area contributed by atoms with Gasteiger partial charge in [0.05, 0.1) is 16.9 Å². The van der Waals surface area contributed by atoms with E-state index in [9.17, 15) is 13.2 Å². The maximum Gasteiger partial charge on any atom is 0.238 e. The summed E-state index contributed by atoms with van der Waals surface area (Å²) in [7, 11) is -3.75. The van der Waals surface area contributed by atoms with Crippen LogP contribution in [0.2, 0.25) is 0 Å². The summed E-state index contributed by atoms with van der Waals surface area (Å²) in [5.74, 6) is 0.178. The Morgan fingerprint density at radius 1 is 1.33 bits per heavy atom. The zero-order valence-corrected chi connectivity index (χ0v) is 15.6. The van der Waals surface area contributed by atoms with Crippen LogP contribution in [0.15, 0.2) is 40.8 Å². The minimum Gasteiger partial charge on any atom is -0.349 e. The van der Waals surface area contributed by atoms with E-state index in [1.54, 1.807) is 12.1 Å². The molecule has 2 rings (SSSR count). The molecule has 3 unspecified atom stereocenters. The van der Waals surface area contributed by atoms with Gasteiger partial charge in [-0.05, 0) is 49.8 Å². The van der Waals surface area contributed by atoms with Gasteiger partial charge in [-0.25, -0.2) is 13.6 Å². The molecule has 132 valence electrons. The van der Waals surface area contributed by atoms with Gasteiger partial charge in [0.25, 0.3) is 0 Å². The lowest BCUT2D eigenvalue weighted by molar-refractivity contribution is -0.123. The van der Waals surface area contributed by atoms with Crippen LogP contribution in [0.3, 0.4) is 0 Å². The third-order valence-corrected chi connectivity index (χ3v) is 5.66. The second-order valence-electron chi connectivity index (χ2n) is 7.42. The molecule has 0 radical (unpaired) electrons. The van der Waals surface area contributed by atoms with Gasteiger partial charge >= 0.3 is 0 Å². The highest BCUT2D eigenvalue weighted by Crippen LogP contribution is 2.59. The lowest BCUT2D eigenvalue weighted by atomic mass is 10.1.